The summed E-state index contributed by atoms with van der Waals surface area (Å²) in [6.45, 7) is 20.2. The lowest BCUT2D eigenvalue weighted by atomic mass is 10.0. The maximum absolute atomic E-state index is 13.3. The largest absolute Gasteiger partial charge is 0.453 e. The molecule has 0 saturated carbocycles. The molecule has 4 aliphatic rings. The van der Waals surface area contributed by atoms with Gasteiger partial charge in [-0.1, -0.05) is 12.1 Å². The minimum absolute atomic E-state index is 0.0462. The van der Waals surface area contributed by atoms with E-state index < -0.39 is 53.1 Å². The number of methoxy groups -OCH3 is 1. The van der Waals surface area contributed by atoms with Gasteiger partial charge in [-0.05, 0) is 139 Å². The van der Waals surface area contributed by atoms with Crippen LogP contribution in [0.15, 0.2) is 150 Å². The second-order valence-corrected chi connectivity index (χ2v) is 28.9. The summed E-state index contributed by atoms with van der Waals surface area (Å²) >= 11 is 6.78. The molecule has 4 fully saturated rings. The highest BCUT2D eigenvalue weighted by atomic mass is 79.9. The fourth-order valence-corrected chi connectivity index (χ4v) is 12.9. The molecule has 2 aromatic carbocycles. The number of alkyl carbamates (subject to hydrolysis) is 2. The van der Waals surface area contributed by atoms with Crippen LogP contribution in [0.1, 0.15) is 64.0 Å². The molecule has 10 heterocycles. The Morgan fingerprint density at radius 2 is 0.895 bits per heavy atom. The van der Waals surface area contributed by atoms with Crippen molar-refractivity contribution >= 4 is 90.0 Å². The summed E-state index contributed by atoms with van der Waals surface area (Å²) in [7, 11) is 1.24. The van der Waals surface area contributed by atoms with Crippen molar-refractivity contribution in [2.24, 2.45) is 5.73 Å². The first-order valence-electron chi connectivity index (χ1n) is 36.2. The van der Waals surface area contributed by atoms with Gasteiger partial charge in [-0.2, -0.15) is 26.3 Å². The van der Waals surface area contributed by atoms with E-state index in [9.17, 15) is 64.7 Å². The monoisotopic (exact) mass is 1720 g/mol. The lowest BCUT2D eigenvalue weighted by molar-refractivity contribution is -0.138. The van der Waals surface area contributed by atoms with Crippen LogP contribution in [0, 0.1) is 13.8 Å². The van der Waals surface area contributed by atoms with Crippen LogP contribution in [0.2, 0.25) is 0 Å². The van der Waals surface area contributed by atoms with Crippen LogP contribution in [-0.2, 0) is 60.4 Å². The van der Waals surface area contributed by atoms with E-state index in [1.165, 1.54) is 48.3 Å². The van der Waals surface area contributed by atoms with Gasteiger partial charge in [0.2, 0.25) is 0 Å². The third-order valence-corrected chi connectivity index (χ3v) is 18.7. The topological polar surface area (TPSA) is 335 Å². The molecule has 4 aliphatic heterocycles. The summed E-state index contributed by atoms with van der Waals surface area (Å²) in [5.41, 5.74) is 9.25. The number of hydrogen-bond acceptors (Lipinski definition) is 21. The SMILES string of the molecule is CC(C)(C)OC(=O)NCCn1cc(Br)cc(N2CCOCC2)c1=O.COC(=O)NCCn1cc(-c2cc(NC(=O)c3cccc(C(F)(F)F)c3)cnc2C)cc(N2CCOCC2)c1=O.Cc1ncc(NC(=O)c2cccc(C(F)(F)F)c2)cc1-c1cc(N2CCOCC2)c(=O)n(CCN)c1.O=c1[nH]cc(Br)cc1N1CCOCC1. The average Bonchev–Trinajstić information content (AvgIpc) is 0.789. The van der Waals surface area contributed by atoms with Crippen molar-refractivity contribution < 1.29 is 73.9 Å². The molecule has 0 atom stereocenters. The second kappa shape index (κ2) is 40.5. The number of aryl methyl sites for hydroxylation is 2. The maximum Gasteiger partial charge on any atom is 0.416 e. The average molecular weight is 1720 g/mol. The molecule has 29 nitrogen and oxygen atoms in total. The zero-order chi connectivity index (χ0) is 82.4. The van der Waals surface area contributed by atoms with Gasteiger partial charge in [0, 0.05) is 170 Å². The van der Waals surface area contributed by atoms with Gasteiger partial charge in [-0.3, -0.25) is 38.7 Å². The zero-order valence-corrected chi connectivity index (χ0v) is 66.6. The molecule has 7 N–H and O–H groups in total. The number of morpholine rings is 4. The number of hydrogen-bond donors (Lipinski definition) is 6. The van der Waals surface area contributed by atoms with Crippen molar-refractivity contribution in [2.45, 2.75) is 72.2 Å². The Kier molecular flexibility index (Phi) is 31.1. The van der Waals surface area contributed by atoms with Crippen molar-refractivity contribution in [1.29, 1.82) is 0 Å². The van der Waals surface area contributed by atoms with E-state index in [1.54, 1.807) is 92.8 Å². The van der Waals surface area contributed by atoms with Crippen molar-refractivity contribution in [3.05, 3.63) is 206 Å². The van der Waals surface area contributed by atoms with Crippen LogP contribution < -0.4 is 68.8 Å². The highest BCUT2D eigenvalue weighted by Crippen LogP contribution is 2.34. The van der Waals surface area contributed by atoms with Crippen LogP contribution in [0.5, 0.6) is 0 Å². The van der Waals surface area contributed by atoms with Crippen LogP contribution in [-0.4, -0.2) is 190 Å². The van der Waals surface area contributed by atoms with E-state index in [0.29, 0.717) is 174 Å². The van der Waals surface area contributed by atoms with Crippen LogP contribution >= 0.6 is 31.9 Å². The van der Waals surface area contributed by atoms with E-state index >= 15 is 0 Å². The second-order valence-electron chi connectivity index (χ2n) is 27.1. The number of amides is 4. The smallest absolute Gasteiger partial charge is 0.416 e. The normalized spacial score (nSPS) is 14.5. The van der Waals surface area contributed by atoms with Gasteiger partial charge in [0.1, 0.15) is 28.4 Å². The van der Waals surface area contributed by atoms with E-state index in [-0.39, 0.29) is 58.7 Å². The third-order valence-electron chi connectivity index (χ3n) is 17.8. The Bertz CT molecular complexity index is 4920. The molecule has 37 heteroatoms. The molecular weight excluding hydrogens is 1630 g/mol. The Morgan fingerprint density at radius 3 is 1.29 bits per heavy atom. The minimum atomic E-state index is -4.58. The fourth-order valence-electron chi connectivity index (χ4n) is 12.1. The number of alkyl halides is 6. The molecule has 612 valence electrons. The lowest BCUT2D eigenvalue weighted by Crippen LogP contribution is -2.41. The van der Waals surface area contributed by atoms with Gasteiger partial charge < -0.3 is 93.7 Å². The molecule has 6 aromatic heterocycles. The summed E-state index contributed by atoms with van der Waals surface area (Å²) in [6, 6.07) is 18.8. The Balaban J connectivity index is 0.000000184. The number of rotatable bonds is 18. The molecule has 4 saturated heterocycles. The Morgan fingerprint density at radius 1 is 0.518 bits per heavy atom. The van der Waals surface area contributed by atoms with Crippen molar-refractivity contribution in [2.75, 3.05) is 162 Å². The number of ether oxygens (including phenoxy) is 6. The molecule has 114 heavy (non-hydrogen) atoms. The molecule has 0 aliphatic carbocycles. The Labute approximate surface area is 668 Å². The van der Waals surface area contributed by atoms with E-state index in [4.69, 9.17) is 29.4 Å². The number of H-pyrrole nitrogens is 1. The number of nitrogens with zero attached hydrogens (tertiary/aromatic N) is 9. The summed E-state index contributed by atoms with van der Waals surface area (Å²) < 4.78 is 116. The molecule has 0 spiro atoms. The van der Waals surface area contributed by atoms with Crippen molar-refractivity contribution in [1.82, 2.24) is 39.3 Å². The number of pyridine rings is 6. The van der Waals surface area contributed by atoms with E-state index in [2.05, 4.69) is 72.8 Å². The quantitative estimate of drug-likeness (QED) is 0.0435. The number of carbonyl (C=O) groups excluding carboxylic acids is 4. The van der Waals surface area contributed by atoms with Crippen molar-refractivity contribution in [3.63, 3.8) is 0 Å². The van der Waals surface area contributed by atoms with E-state index in [1.807, 2.05) is 31.7 Å². The fraction of sp³-hybridized carbons (Fsp3) is 0.403. The van der Waals surface area contributed by atoms with Gasteiger partial charge in [-0.25, -0.2) is 9.59 Å². The number of aromatic nitrogens is 6. The summed E-state index contributed by atoms with van der Waals surface area (Å²) in [5, 5.41) is 10.4. The van der Waals surface area contributed by atoms with Crippen LogP contribution in [0.4, 0.5) is 70.1 Å². The predicted octanol–water partition coefficient (Wildman–Crippen LogP) is 9.91. The van der Waals surface area contributed by atoms with Gasteiger partial charge in [0.05, 0.1) is 94.9 Å². The first-order valence-corrected chi connectivity index (χ1v) is 37.8. The summed E-state index contributed by atoms with van der Waals surface area (Å²) in [6.07, 6.45) is -0.708. The lowest BCUT2D eigenvalue weighted by Gasteiger charge is -2.29. The number of halogens is 8. The third kappa shape index (κ3) is 25.0. The maximum atomic E-state index is 13.3. The molecule has 4 amide bonds. The highest BCUT2D eigenvalue weighted by Gasteiger charge is 2.33. The molecule has 8 aromatic rings. The van der Waals surface area contributed by atoms with Gasteiger partial charge >= 0.3 is 24.5 Å². The highest BCUT2D eigenvalue weighted by molar-refractivity contribution is 9.10. The number of benzene rings is 2. The number of nitrogens with two attached hydrogens (primary N) is 1. The summed E-state index contributed by atoms with van der Waals surface area (Å²) in [4.78, 5) is 118. The Hall–Kier alpha value is -10.4. The first kappa shape index (κ1) is 87.5. The first-order chi connectivity index (χ1) is 54.3. The molecule has 0 unspecified atom stereocenters. The zero-order valence-electron chi connectivity index (χ0n) is 63.4. The molecular formula is C77H89Br2F6N15O14. The van der Waals surface area contributed by atoms with Crippen molar-refractivity contribution in [3.8, 4) is 22.3 Å². The number of carbonyl (C=O) groups is 4. The predicted molar refractivity (Wildman–Crippen MR) is 425 cm³/mol. The van der Waals surface area contributed by atoms with Crippen LogP contribution in [0.3, 0.4) is 0 Å². The number of aromatic amines is 1. The number of anilines is 6. The molecule has 0 radical (unpaired) electrons. The van der Waals surface area contributed by atoms with E-state index in [0.717, 1.165) is 46.3 Å². The molecule has 0 bridgehead atoms. The minimum Gasteiger partial charge on any atom is -0.453 e. The number of nitrogens with one attached hydrogen (secondary N) is 5. The van der Waals surface area contributed by atoms with Gasteiger partial charge in [0.15, 0.2) is 0 Å². The van der Waals surface area contributed by atoms with Gasteiger partial charge in [-0.15, -0.1) is 0 Å². The standard InChI is InChI=1S/C27H28F3N5O5.C25H26F3N5O3.C16H24BrN3O4.C9H11BrN2O2/c1-17-22(14-21(15-32-17)33-24(36)18-4-3-5-20(12-18)27(28,29)30)19-13-23(34-8-10-40-11-9-34)25(37)35(16-19)7-6-31-26(38)39-2;1-16-21(18-12-22(32-7-9-36-10-8-32)24(35)33(15-18)6-5-29)13-20(14-30-16)31-23(34)17-3-2-4-19(11-17)25(26,27)28;1-16(2,3)24-15(22)18-4-5-20-11-12(17)10-13(14(20)21)19-6-8-23-9-7-19;10-7-5-8(9(13)11-6-7)12-1-3-14-4-2-12/h3-5,12-16H,6-11H2,1-2H3,(H,31,38)(H,33,36);2-4,11-15H,5-10,29H2,1H3,(H,31,34);10-11H,4-9H2,1-3H3,(H,18,22);5-6H,1-4H2,(H,11,13). The molecule has 12 rings (SSSR count). The van der Waals surface area contributed by atoms with Gasteiger partial charge in [0.25, 0.3) is 34.1 Å². The van der Waals surface area contributed by atoms with Crippen LogP contribution in [0.25, 0.3) is 22.3 Å². The summed E-state index contributed by atoms with van der Waals surface area (Å²) in [5.74, 6) is -1.42.